The van der Waals surface area contributed by atoms with E-state index < -0.39 is 10.0 Å². The maximum absolute atomic E-state index is 12.3. The maximum atomic E-state index is 12.3. The summed E-state index contributed by atoms with van der Waals surface area (Å²) in [6.45, 7) is 1.98. The van der Waals surface area contributed by atoms with Crippen molar-refractivity contribution in [3.8, 4) is 0 Å². The molecule has 3 rings (SSSR count). The van der Waals surface area contributed by atoms with Gasteiger partial charge in [0.2, 0.25) is 0 Å². The molecule has 0 radical (unpaired) electrons. The van der Waals surface area contributed by atoms with E-state index in [4.69, 9.17) is 0 Å². The Hall–Kier alpha value is -0.460. The Balaban J connectivity index is 1.64. The van der Waals surface area contributed by atoms with Crippen LogP contribution >= 0.6 is 11.3 Å². The Morgan fingerprint density at radius 1 is 1.37 bits per heavy atom. The molecule has 4 nitrogen and oxygen atoms in total. The largest absolute Gasteiger partial charge is 0.251 e. The van der Waals surface area contributed by atoms with Gasteiger partial charge in [0.15, 0.2) is 4.21 Å². The van der Waals surface area contributed by atoms with E-state index in [2.05, 4.69) is 9.71 Å². The molecule has 1 N–H and O–H groups in total. The Morgan fingerprint density at radius 2 is 2.05 bits per heavy atom. The molecule has 2 fully saturated rings. The SMILES string of the molecule is CCc1ncc(S(=O)(=O)NC2CCC3(CC2)CC3)s1. The molecule has 0 aromatic carbocycles. The minimum Gasteiger partial charge on any atom is -0.248 e. The standard InChI is InChI=1S/C13H20N2O2S2/c1-2-11-14-9-12(18-11)19(16,17)15-10-3-5-13(6-4-10)7-8-13/h9-10,15H,2-8H2,1H3. The highest BCUT2D eigenvalue weighted by Crippen LogP contribution is 2.56. The van der Waals surface area contributed by atoms with Gasteiger partial charge >= 0.3 is 0 Å². The summed E-state index contributed by atoms with van der Waals surface area (Å²) >= 11 is 1.28. The molecule has 1 spiro atoms. The van der Waals surface area contributed by atoms with Gasteiger partial charge in [-0.25, -0.2) is 18.1 Å². The number of sulfonamides is 1. The fourth-order valence-corrected chi connectivity index (χ4v) is 5.32. The lowest BCUT2D eigenvalue weighted by Crippen LogP contribution is -2.37. The molecule has 19 heavy (non-hydrogen) atoms. The van der Waals surface area contributed by atoms with Crippen molar-refractivity contribution in [1.82, 2.24) is 9.71 Å². The van der Waals surface area contributed by atoms with Gasteiger partial charge in [-0.3, -0.25) is 0 Å². The molecule has 0 unspecified atom stereocenters. The Morgan fingerprint density at radius 3 is 2.58 bits per heavy atom. The van der Waals surface area contributed by atoms with Crippen LogP contribution in [0.1, 0.15) is 50.5 Å². The van der Waals surface area contributed by atoms with E-state index in [1.807, 2.05) is 6.92 Å². The predicted molar refractivity (Wildman–Crippen MR) is 75.7 cm³/mol. The van der Waals surface area contributed by atoms with Crippen LogP contribution in [-0.4, -0.2) is 19.4 Å². The molecule has 1 heterocycles. The van der Waals surface area contributed by atoms with Crippen molar-refractivity contribution in [2.75, 3.05) is 0 Å². The Kier molecular flexibility index (Phi) is 3.43. The zero-order valence-electron chi connectivity index (χ0n) is 11.2. The van der Waals surface area contributed by atoms with E-state index in [-0.39, 0.29) is 6.04 Å². The minimum absolute atomic E-state index is 0.114. The van der Waals surface area contributed by atoms with Crippen LogP contribution in [0.3, 0.4) is 0 Å². The van der Waals surface area contributed by atoms with E-state index in [0.29, 0.717) is 9.62 Å². The summed E-state index contributed by atoms with van der Waals surface area (Å²) in [5, 5.41) is 0.876. The van der Waals surface area contributed by atoms with Crippen molar-refractivity contribution in [2.24, 2.45) is 5.41 Å². The summed E-state index contributed by atoms with van der Waals surface area (Å²) < 4.78 is 27.7. The van der Waals surface area contributed by atoms with Crippen molar-refractivity contribution in [3.05, 3.63) is 11.2 Å². The van der Waals surface area contributed by atoms with Crippen LogP contribution in [0.25, 0.3) is 0 Å². The monoisotopic (exact) mass is 300 g/mol. The number of rotatable bonds is 4. The van der Waals surface area contributed by atoms with Crippen LogP contribution in [0.4, 0.5) is 0 Å². The van der Waals surface area contributed by atoms with E-state index in [1.54, 1.807) is 0 Å². The molecule has 106 valence electrons. The Bertz CT molecular complexity index is 551. The van der Waals surface area contributed by atoms with Gasteiger partial charge in [0.1, 0.15) is 0 Å². The average Bonchev–Trinajstić information content (AvgIpc) is 2.95. The molecular weight excluding hydrogens is 280 g/mol. The number of nitrogens with one attached hydrogen (secondary N) is 1. The highest BCUT2D eigenvalue weighted by Gasteiger charge is 2.45. The quantitative estimate of drug-likeness (QED) is 0.930. The lowest BCUT2D eigenvalue weighted by Gasteiger charge is -2.28. The number of nitrogens with zero attached hydrogens (tertiary/aromatic N) is 1. The van der Waals surface area contributed by atoms with Crippen LogP contribution < -0.4 is 4.72 Å². The topological polar surface area (TPSA) is 59.1 Å². The molecule has 1 aromatic heterocycles. The summed E-state index contributed by atoms with van der Waals surface area (Å²) in [7, 11) is -3.36. The molecule has 2 aliphatic carbocycles. The van der Waals surface area contributed by atoms with Gasteiger partial charge in [-0.15, -0.1) is 11.3 Å². The first kappa shape index (κ1) is 13.5. The van der Waals surface area contributed by atoms with Crippen LogP contribution in [-0.2, 0) is 16.4 Å². The van der Waals surface area contributed by atoms with Crippen molar-refractivity contribution >= 4 is 21.4 Å². The molecule has 2 saturated carbocycles. The van der Waals surface area contributed by atoms with Crippen molar-refractivity contribution < 1.29 is 8.42 Å². The van der Waals surface area contributed by atoms with Crippen molar-refractivity contribution in [3.63, 3.8) is 0 Å². The molecular formula is C13H20N2O2S2. The third-order valence-electron chi connectivity index (χ3n) is 4.42. The lowest BCUT2D eigenvalue weighted by molar-refractivity contribution is 0.294. The van der Waals surface area contributed by atoms with E-state index in [0.717, 1.165) is 24.3 Å². The highest BCUT2D eigenvalue weighted by molar-refractivity contribution is 7.91. The van der Waals surface area contributed by atoms with Crippen LogP contribution in [0.15, 0.2) is 10.4 Å². The second-order valence-electron chi connectivity index (χ2n) is 5.82. The van der Waals surface area contributed by atoms with E-state index in [9.17, 15) is 8.42 Å². The summed E-state index contributed by atoms with van der Waals surface area (Å²) in [4.78, 5) is 4.13. The number of thiazole rings is 1. The van der Waals surface area contributed by atoms with Gasteiger partial charge < -0.3 is 0 Å². The average molecular weight is 300 g/mol. The van der Waals surface area contributed by atoms with E-state index in [1.165, 1.54) is 43.2 Å². The fraction of sp³-hybridized carbons (Fsp3) is 0.769. The molecule has 0 atom stereocenters. The first-order valence-corrected chi connectivity index (χ1v) is 9.30. The summed E-state index contributed by atoms with van der Waals surface area (Å²) in [6.07, 6.45) is 9.30. The summed E-state index contributed by atoms with van der Waals surface area (Å²) in [6, 6.07) is 0.114. The first-order chi connectivity index (χ1) is 9.03. The van der Waals surface area contributed by atoms with Gasteiger partial charge in [-0.05, 0) is 50.4 Å². The fourth-order valence-electron chi connectivity index (χ4n) is 2.88. The van der Waals surface area contributed by atoms with Gasteiger partial charge in [0, 0.05) is 6.04 Å². The van der Waals surface area contributed by atoms with Crippen LogP contribution in [0.2, 0.25) is 0 Å². The smallest absolute Gasteiger partial charge is 0.248 e. The van der Waals surface area contributed by atoms with Gasteiger partial charge in [-0.2, -0.15) is 0 Å². The second-order valence-corrected chi connectivity index (χ2v) is 8.88. The van der Waals surface area contributed by atoms with Gasteiger partial charge in [-0.1, -0.05) is 6.92 Å². The molecule has 0 aliphatic heterocycles. The lowest BCUT2D eigenvalue weighted by atomic mass is 9.84. The third-order valence-corrected chi connectivity index (χ3v) is 7.55. The van der Waals surface area contributed by atoms with Crippen LogP contribution in [0, 0.1) is 5.41 Å². The molecule has 6 heteroatoms. The van der Waals surface area contributed by atoms with Crippen molar-refractivity contribution in [1.29, 1.82) is 0 Å². The van der Waals surface area contributed by atoms with E-state index >= 15 is 0 Å². The normalized spacial score (nSPS) is 22.8. The minimum atomic E-state index is -3.36. The predicted octanol–water partition coefficient (Wildman–Crippen LogP) is 2.71. The van der Waals surface area contributed by atoms with Gasteiger partial charge in [0.05, 0.1) is 11.2 Å². The number of aromatic nitrogens is 1. The Labute approximate surface area is 118 Å². The summed E-state index contributed by atoms with van der Waals surface area (Å²) in [5.41, 5.74) is 0.599. The molecule has 0 saturated heterocycles. The number of aryl methyl sites for hydroxylation is 1. The number of hydrogen-bond acceptors (Lipinski definition) is 4. The zero-order valence-corrected chi connectivity index (χ0v) is 12.8. The van der Waals surface area contributed by atoms with Gasteiger partial charge in [0.25, 0.3) is 10.0 Å². The number of hydrogen-bond donors (Lipinski definition) is 1. The van der Waals surface area contributed by atoms with Crippen LogP contribution in [0.5, 0.6) is 0 Å². The zero-order chi connectivity index (χ0) is 13.5. The third kappa shape index (κ3) is 2.85. The molecule has 0 bridgehead atoms. The molecule has 1 aromatic rings. The molecule has 0 amide bonds. The highest BCUT2D eigenvalue weighted by atomic mass is 32.2. The first-order valence-electron chi connectivity index (χ1n) is 7.00. The van der Waals surface area contributed by atoms with Crippen molar-refractivity contribution in [2.45, 2.75) is 62.1 Å². The maximum Gasteiger partial charge on any atom is 0.251 e. The summed E-state index contributed by atoms with van der Waals surface area (Å²) in [5.74, 6) is 0. The molecule has 2 aliphatic rings. The second kappa shape index (κ2) is 4.82.